The van der Waals surface area contributed by atoms with Gasteiger partial charge in [0.05, 0.1) is 16.6 Å². The number of pyridine rings is 1. The van der Waals surface area contributed by atoms with E-state index in [-0.39, 0.29) is 0 Å². The smallest absolute Gasteiger partial charge is 0.146 e. The van der Waals surface area contributed by atoms with Crippen LogP contribution >= 0.6 is 0 Å². The fourth-order valence-electron chi connectivity index (χ4n) is 6.81. The summed E-state index contributed by atoms with van der Waals surface area (Å²) in [4.78, 5) is 4.92. The van der Waals surface area contributed by atoms with Crippen LogP contribution in [0.5, 0.6) is 0 Å². The van der Waals surface area contributed by atoms with Gasteiger partial charge >= 0.3 is 0 Å². The van der Waals surface area contributed by atoms with Gasteiger partial charge in [0.1, 0.15) is 5.65 Å². The van der Waals surface area contributed by atoms with E-state index >= 15 is 0 Å². The summed E-state index contributed by atoms with van der Waals surface area (Å²) in [6, 6.07) is 56.4. The molecule has 3 aromatic heterocycles. The first kappa shape index (κ1) is 24.6. The van der Waals surface area contributed by atoms with Crippen molar-refractivity contribution in [3.8, 4) is 33.6 Å². The quantitative estimate of drug-likeness (QED) is 0.210. The highest BCUT2D eigenvalue weighted by molar-refractivity contribution is 6.16. The van der Waals surface area contributed by atoms with Crippen LogP contribution < -0.4 is 0 Å². The first-order valence-corrected chi connectivity index (χ1v) is 15.0. The number of benzene rings is 6. The lowest BCUT2D eigenvalue weighted by Crippen LogP contribution is -1.95. The average Bonchev–Trinajstić information content (AvgIpc) is 3.62. The summed E-state index contributed by atoms with van der Waals surface area (Å²) in [5.41, 5.74) is 11.6. The van der Waals surface area contributed by atoms with Crippen molar-refractivity contribution in [2.75, 3.05) is 0 Å². The van der Waals surface area contributed by atoms with Gasteiger partial charge in [0.25, 0.3) is 0 Å². The zero-order valence-corrected chi connectivity index (χ0v) is 23.9. The maximum atomic E-state index is 4.92. The van der Waals surface area contributed by atoms with E-state index in [1.54, 1.807) is 0 Å². The second-order valence-electron chi connectivity index (χ2n) is 11.2. The van der Waals surface area contributed by atoms with Gasteiger partial charge in [0, 0.05) is 39.1 Å². The monoisotopic (exact) mass is 561 g/mol. The molecule has 0 amide bonds. The van der Waals surface area contributed by atoms with Crippen molar-refractivity contribution in [3.63, 3.8) is 0 Å². The predicted molar refractivity (Wildman–Crippen MR) is 184 cm³/mol. The Morgan fingerprint density at radius 2 is 0.955 bits per heavy atom. The van der Waals surface area contributed by atoms with Gasteiger partial charge in [-0.05, 0) is 76.9 Å². The van der Waals surface area contributed by atoms with Crippen molar-refractivity contribution in [2.45, 2.75) is 0 Å². The fraction of sp³-hybridized carbons (Fsp3) is 0. The molecule has 44 heavy (non-hydrogen) atoms. The van der Waals surface area contributed by atoms with Crippen LogP contribution in [0.2, 0.25) is 0 Å². The number of rotatable bonds is 4. The summed E-state index contributed by atoms with van der Waals surface area (Å²) in [5, 5.41) is 4.86. The average molecular weight is 562 g/mol. The summed E-state index contributed by atoms with van der Waals surface area (Å²) in [5.74, 6) is 0. The third kappa shape index (κ3) is 3.73. The van der Waals surface area contributed by atoms with Gasteiger partial charge in [-0.1, -0.05) is 103 Å². The van der Waals surface area contributed by atoms with Gasteiger partial charge in [-0.3, -0.25) is 4.57 Å². The first-order valence-electron chi connectivity index (χ1n) is 15.0. The highest BCUT2D eigenvalue weighted by atomic mass is 15.0. The van der Waals surface area contributed by atoms with Gasteiger partial charge < -0.3 is 4.57 Å². The Morgan fingerprint density at radius 3 is 1.73 bits per heavy atom. The number of hydrogen-bond donors (Lipinski definition) is 0. The van der Waals surface area contributed by atoms with Crippen molar-refractivity contribution in [1.29, 1.82) is 0 Å². The van der Waals surface area contributed by atoms with Gasteiger partial charge in [-0.25, -0.2) is 4.98 Å². The van der Waals surface area contributed by atoms with Crippen LogP contribution in [0, 0.1) is 0 Å². The Hall–Kier alpha value is -5.93. The number of nitrogens with zero attached hydrogens (tertiary/aromatic N) is 3. The molecule has 0 spiro atoms. The molecular formula is C41H27N3. The van der Waals surface area contributed by atoms with Gasteiger partial charge in [-0.15, -0.1) is 0 Å². The molecule has 3 heterocycles. The van der Waals surface area contributed by atoms with Crippen molar-refractivity contribution >= 4 is 43.7 Å². The van der Waals surface area contributed by atoms with E-state index in [0.717, 1.165) is 22.5 Å². The van der Waals surface area contributed by atoms with E-state index in [9.17, 15) is 0 Å². The van der Waals surface area contributed by atoms with E-state index in [1.165, 1.54) is 54.8 Å². The van der Waals surface area contributed by atoms with Crippen LogP contribution in [-0.2, 0) is 0 Å². The minimum Gasteiger partial charge on any atom is -0.309 e. The molecule has 0 N–H and O–H groups in total. The fourth-order valence-corrected chi connectivity index (χ4v) is 6.81. The molecule has 6 aromatic carbocycles. The minimum absolute atomic E-state index is 0.968. The van der Waals surface area contributed by atoms with E-state index in [4.69, 9.17) is 4.98 Å². The number of para-hydroxylation sites is 3. The molecular weight excluding hydrogens is 534 g/mol. The van der Waals surface area contributed by atoms with Crippen LogP contribution in [-0.4, -0.2) is 14.1 Å². The Morgan fingerprint density at radius 1 is 0.386 bits per heavy atom. The molecule has 0 aliphatic carbocycles. The molecule has 206 valence electrons. The third-order valence-corrected chi connectivity index (χ3v) is 8.79. The molecule has 0 aliphatic heterocycles. The van der Waals surface area contributed by atoms with E-state index in [1.807, 2.05) is 6.20 Å². The molecule has 3 heteroatoms. The van der Waals surface area contributed by atoms with Crippen molar-refractivity contribution in [2.24, 2.45) is 0 Å². The highest BCUT2D eigenvalue weighted by Crippen LogP contribution is 2.40. The molecule has 0 saturated carbocycles. The van der Waals surface area contributed by atoms with Crippen molar-refractivity contribution in [3.05, 3.63) is 164 Å². The van der Waals surface area contributed by atoms with E-state index in [2.05, 4.69) is 167 Å². The standard InChI is InChI=1S/C41H27N3/c1-3-11-28(12-4-1)29-19-22-32(23-20-29)43-37-17-9-7-15-34(37)36-27-30(21-24-39(36)43)33-25-26-42-41-40(33)35-16-8-10-18-38(35)44(41)31-13-5-2-6-14-31/h1-27H. The van der Waals surface area contributed by atoms with Gasteiger partial charge in [-0.2, -0.15) is 0 Å². The maximum absolute atomic E-state index is 4.92. The summed E-state index contributed by atoms with van der Waals surface area (Å²) in [6.45, 7) is 0. The largest absolute Gasteiger partial charge is 0.309 e. The third-order valence-electron chi connectivity index (χ3n) is 8.79. The molecule has 3 nitrogen and oxygen atoms in total. The zero-order chi connectivity index (χ0) is 29.0. The Kier molecular flexibility index (Phi) is 5.50. The lowest BCUT2D eigenvalue weighted by molar-refractivity contribution is 1.14. The number of aromatic nitrogens is 3. The first-order chi connectivity index (χ1) is 21.8. The second-order valence-corrected chi connectivity index (χ2v) is 11.2. The van der Waals surface area contributed by atoms with Gasteiger partial charge in [0.2, 0.25) is 0 Å². The number of fused-ring (bicyclic) bond motifs is 6. The molecule has 0 fully saturated rings. The summed E-state index contributed by atoms with van der Waals surface area (Å²) >= 11 is 0. The summed E-state index contributed by atoms with van der Waals surface area (Å²) in [7, 11) is 0. The molecule has 0 atom stereocenters. The molecule has 9 aromatic rings. The van der Waals surface area contributed by atoms with Crippen LogP contribution in [0.4, 0.5) is 0 Å². The van der Waals surface area contributed by atoms with E-state index < -0.39 is 0 Å². The lowest BCUT2D eigenvalue weighted by Gasteiger charge is -2.10. The van der Waals surface area contributed by atoms with Gasteiger partial charge in [0.15, 0.2) is 0 Å². The topological polar surface area (TPSA) is 22.8 Å². The van der Waals surface area contributed by atoms with Crippen molar-refractivity contribution in [1.82, 2.24) is 14.1 Å². The minimum atomic E-state index is 0.968. The summed E-state index contributed by atoms with van der Waals surface area (Å²) in [6.07, 6.45) is 1.94. The second kappa shape index (κ2) is 9.82. The molecule has 9 rings (SSSR count). The molecule has 0 unspecified atom stereocenters. The Labute approximate surface area is 254 Å². The zero-order valence-electron chi connectivity index (χ0n) is 23.9. The normalized spacial score (nSPS) is 11.6. The Bertz CT molecular complexity index is 2470. The Balaban J connectivity index is 1.26. The SMILES string of the molecule is c1ccc(-c2ccc(-n3c4ccccc4c4cc(-c5ccnc6c5c5ccccc5n6-c5ccccc5)ccc43)cc2)cc1. The maximum Gasteiger partial charge on any atom is 0.146 e. The summed E-state index contributed by atoms with van der Waals surface area (Å²) < 4.78 is 4.66. The van der Waals surface area contributed by atoms with E-state index in [0.29, 0.717) is 0 Å². The van der Waals surface area contributed by atoms with Crippen LogP contribution in [0.1, 0.15) is 0 Å². The molecule has 0 radical (unpaired) electrons. The molecule has 0 bridgehead atoms. The lowest BCUT2D eigenvalue weighted by atomic mass is 9.99. The predicted octanol–water partition coefficient (Wildman–Crippen LogP) is 10.6. The highest BCUT2D eigenvalue weighted by Gasteiger charge is 2.18. The van der Waals surface area contributed by atoms with Crippen LogP contribution in [0.3, 0.4) is 0 Å². The number of hydrogen-bond acceptors (Lipinski definition) is 1. The molecule has 0 saturated heterocycles. The van der Waals surface area contributed by atoms with Crippen LogP contribution in [0.25, 0.3) is 77.4 Å². The van der Waals surface area contributed by atoms with Crippen LogP contribution in [0.15, 0.2) is 164 Å². The molecule has 0 aliphatic rings. The van der Waals surface area contributed by atoms with Crippen molar-refractivity contribution < 1.29 is 0 Å².